The molecular formula is C7H8FNO. The average Bonchev–Trinajstić information content (AvgIpc) is 1.88. The smallest absolute Gasteiger partial charge is 0.201 e. The first kappa shape index (κ1) is 7.15. The van der Waals surface area contributed by atoms with Crippen molar-refractivity contribution < 1.29 is 9.50 Å². The molecule has 0 fully saturated rings. The molecule has 10 heavy (non-hydrogen) atoms. The molecule has 0 saturated heterocycles. The fraction of sp³-hybridized carbons (Fsp3) is 0.286. The van der Waals surface area contributed by atoms with Gasteiger partial charge in [-0.2, -0.15) is 0 Å². The number of aliphatic hydroxyl groups excluding tert-OH is 1. The summed E-state index contributed by atoms with van der Waals surface area (Å²) in [5.74, 6) is 0. The lowest BCUT2D eigenvalue weighted by Crippen LogP contribution is -2.03. The first-order valence-corrected chi connectivity index (χ1v) is 3.01. The zero-order chi connectivity index (χ0) is 7.40. The minimum absolute atomic E-state index is 0.0269. The number of nitrogens with zero attached hydrogens (tertiary/aromatic N) is 1. The fourth-order valence-corrected chi connectivity index (χ4v) is 0.691. The Morgan fingerprint density at radius 2 is 2.40 bits per heavy atom. The van der Waals surface area contributed by atoms with Crippen molar-refractivity contribution in [3.63, 3.8) is 0 Å². The van der Waals surface area contributed by atoms with Crippen LogP contribution in [0.3, 0.4) is 0 Å². The summed E-state index contributed by atoms with van der Waals surface area (Å²) in [5, 5.41) is 8.30. The van der Waals surface area contributed by atoms with Crippen LogP contribution in [0.4, 0.5) is 4.39 Å². The van der Waals surface area contributed by atoms with Gasteiger partial charge in [0, 0.05) is 18.3 Å². The summed E-state index contributed by atoms with van der Waals surface area (Å²) >= 11 is 0. The highest BCUT2D eigenvalue weighted by molar-refractivity contribution is 5.03. The molecule has 0 aromatic carbocycles. The van der Waals surface area contributed by atoms with Gasteiger partial charge in [0.15, 0.2) is 0 Å². The van der Waals surface area contributed by atoms with Crippen LogP contribution in [0.5, 0.6) is 0 Å². The third-order valence-electron chi connectivity index (χ3n) is 1.10. The van der Waals surface area contributed by atoms with Crippen LogP contribution < -0.4 is 0 Å². The number of hydrogen-bond acceptors (Lipinski definition) is 2. The van der Waals surface area contributed by atoms with Gasteiger partial charge in [0.1, 0.15) is 0 Å². The van der Waals surface area contributed by atoms with Gasteiger partial charge in [0.25, 0.3) is 0 Å². The van der Waals surface area contributed by atoms with E-state index in [1.165, 1.54) is 0 Å². The molecule has 0 saturated carbocycles. The maximum Gasteiger partial charge on any atom is 0.201 e. The quantitative estimate of drug-likeness (QED) is 0.664. The molecule has 0 aliphatic carbocycles. The Labute approximate surface area is 58.3 Å². The van der Waals surface area contributed by atoms with Gasteiger partial charge >= 0.3 is 0 Å². The highest BCUT2D eigenvalue weighted by Gasteiger charge is 2.00. The van der Waals surface area contributed by atoms with Crippen molar-refractivity contribution in [3.8, 4) is 0 Å². The summed E-state index contributed by atoms with van der Waals surface area (Å²) in [5.41, 5.74) is 0.567. The summed E-state index contributed by atoms with van der Waals surface area (Å²) in [6, 6.07) is 5.17. The van der Waals surface area contributed by atoms with Crippen molar-refractivity contribution in [1.29, 1.82) is 0 Å². The molecule has 1 heterocycles. The SMILES string of the molecule is OC(F)Cc1ccccn1. The standard InChI is InChI=1S/C7H8FNO/c8-7(10)5-6-3-1-2-4-9-6/h1-4,7,10H,5H2. The summed E-state index contributed by atoms with van der Waals surface area (Å²) in [6.45, 7) is 0. The second kappa shape index (κ2) is 3.27. The van der Waals surface area contributed by atoms with Gasteiger partial charge < -0.3 is 5.11 Å². The molecule has 0 bridgehead atoms. The number of hydrogen-bond donors (Lipinski definition) is 1. The van der Waals surface area contributed by atoms with Crippen molar-refractivity contribution >= 4 is 0 Å². The lowest BCUT2D eigenvalue weighted by molar-refractivity contribution is 0.0421. The lowest BCUT2D eigenvalue weighted by atomic mass is 10.3. The number of alkyl halides is 1. The van der Waals surface area contributed by atoms with Gasteiger partial charge in [-0.3, -0.25) is 4.98 Å². The van der Waals surface area contributed by atoms with E-state index in [2.05, 4.69) is 4.98 Å². The zero-order valence-electron chi connectivity index (χ0n) is 5.37. The Hall–Kier alpha value is -0.960. The zero-order valence-corrected chi connectivity index (χ0v) is 5.37. The van der Waals surface area contributed by atoms with E-state index in [4.69, 9.17) is 5.11 Å². The second-order valence-electron chi connectivity index (χ2n) is 1.96. The molecule has 1 atom stereocenters. The maximum absolute atomic E-state index is 11.9. The lowest BCUT2D eigenvalue weighted by Gasteiger charge is -1.97. The maximum atomic E-state index is 11.9. The van der Waals surface area contributed by atoms with Gasteiger partial charge in [-0.1, -0.05) is 6.07 Å². The molecule has 54 valence electrons. The van der Waals surface area contributed by atoms with Crippen molar-refractivity contribution in [2.45, 2.75) is 12.8 Å². The minimum atomic E-state index is -1.80. The summed E-state index contributed by atoms with van der Waals surface area (Å²) in [4.78, 5) is 3.82. The van der Waals surface area contributed by atoms with Crippen molar-refractivity contribution in [1.82, 2.24) is 4.98 Å². The van der Waals surface area contributed by atoms with Gasteiger partial charge in [-0.25, -0.2) is 4.39 Å². The molecule has 0 amide bonds. The molecule has 0 aliphatic rings. The number of rotatable bonds is 2. The van der Waals surface area contributed by atoms with E-state index in [-0.39, 0.29) is 6.42 Å². The number of aromatic nitrogens is 1. The minimum Gasteiger partial charge on any atom is -0.364 e. The third kappa shape index (κ3) is 2.11. The molecule has 3 heteroatoms. The highest BCUT2D eigenvalue weighted by Crippen LogP contribution is 1.98. The van der Waals surface area contributed by atoms with Crippen LogP contribution in [0.15, 0.2) is 24.4 Å². The van der Waals surface area contributed by atoms with Crippen LogP contribution in [-0.2, 0) is 6.42 Å². The molecule has 0 aliphatic heterocycles. The topological polar surface area (TPSA) is 33.1 Å². The fourth-order valence-electron chi connectivity index (χ4n) is 0.691. The van der Waals surface area contributed by atoms with Crippen LogP contribution in [0.1, 0.15) is 5.69 Å². The van der Waals surface area contributed by atoms with Crippen LogP contribution in [0.25, 0.3) is 0 Å². The van der Waals surface area contributed by atoms with Gasteiger partial charge in [-0.15, -0.1) is 0 Å². The van der Waals surface area contributed by atoms with E-state index in [9.17, 15) is 4.39 Å². The van der Waals surface area contributed by atoms with Gasteiger partial charge in [-0.05, 0) is 12.1 Å². The number of aliphatic hydroxyl groups is 1. The molecule has 1 unspecified atom stereocenters. The molecular weight excluding hydrogens is 133 g/mol. The Balaban J connectivity index is 2.59. The van der Waals surface area contributed by atoms with E-state index in [0.29, 0.717) is 5.69 Å². The molecule has 2 nitrogen and oxygen atoms in total. The largest absolute Gasteiger partial charge is 0.364 e. The number of pyridine rings is 1. The van der Waals surface area contributed by atoms with Crippen molar-refractivity contribution in [2.75, 3.05) is 0 Å². The molecule has 0 spiro atoms. The van der Waals surface area contributed by atoms with Crippen LogP contribution >= 0.6 is 0 Å². The molecule has 1 N–H and O–H groups in total. The Morgan fingerprint density at radius 1 is 1.60 bits per heavy atom. The van der Waals surface area contributed by atoms with Crippen molar-refractivity contribution in [2.24, 2.45) is 0 Å². The Bertz CT molecular complexity index is 188. The van der Waals surface area contributed by atoms with E-state index < -0.39 is 6.36 Å². The molecule has 1 rings (SSSR count). The van der Waals surface area contributed by atoms with Crippen LogP contribution in [0.2, 0.25) is 0 Å². The monoisotopic (exact) mass is 141 g/mol. The summed E-state index contributed by atoms with van der Waals surface area (Å²) in [7, 11) is 0. The predicted octanol–water partition coefficient (Wildman–Crippen LogP) is 0.912. The second-order valence-corrected chi connectivity index (χ2v) is 1.96. The predicted molar refractivity (Wildman–Crippen MR) is 35.1 cm³/mol. The van der Waals surface area contributed by atoms with Crippen LogP contribution in [0, 0.1) is 0 Å². The van der Waals surface area contributed by atoms with Gasteiger partial charge in [0.05, 0.1) is 0 Å². The number of halogens is 1. The summed E-state index contributed by atoms with van der Waals surface area (Å²) in [6.07, 6.45) is -0.256. The summed E-state index contributed by atoms with van der Waals surface area (Å²) < 4.78 is 11.9. The Kier molecular flexibility index (Phi) is 2.34. The van der Waals surface area contributed by atoms with E-state index in [0.717, 1.165) is 0 Å². The normalized spacial score (nSPS) is 13.0. The van der Waals surface area contributed by atoms with Crippen molar-refractivity contribution in [3.05, 3.63) is 30.1 Å². The first-order valence-electron chi connectivity index (χ1n) is 3.01. The first-order chi connectivity index (χ1) is 4.79. The average molecular weight is 141 g/mol. The molecule has 1 aromatic rings. The van der Waals surface area contributed by atoms with Crippen LogP contribution in [-0.4, -0.2) is 16.4 Å². The third-order valence-corrected chi connectivity index (χ3v) is 1.10. The van der Waals surface area contributed by atoms with Gasteiger partial charge in [0.2, 0.25) is 6.36 Å². The van der Waals surface area contributed by atoms with E-state index >= 15 is 0 Å². The van der Waals surface area contributed by atoms with E-state index in [1.54, 1.807) is 24.4 Å². The molecule has 0 radical (unpaired) electrons. The molecule has 1 aromatic heterocycles. The van der Waals surface area contributed by atoms with E-state index in [1.807, 2.05) is 0 Å². The highest BCUT2D eigenvalue weighted by atomic mass is 19.1. The Morgan fingerprint density at radius 3 is 2.90 bits per heavy atom.